The number of nitrogens with two attached hydrogens (primary N) is 1. The van der Waals surface area contributed by atoms with Crippen molar-refractivity contribution >= 4 is 17.1 Å². The first-order valence-electron chi connectivity index (χ1n) is 6.54. The van der Waals surface area contributed by atoms with Gasteiger partial charge in [0.05, 0.1) is 12.2 Å². The van der Waals surface area contributed by atoms with Gasteiger partial charge < -0.3 is 5.73 Å². The lowest BCUT2D eigenvalue weighted by Crippen LogP contribution is -2.10. The number of rotatable bonds is 3. The predicted molar refractivity (Wildman–Crippen MR) is 75.8 cm³/mol. The van der Waals surface area contributed by atoms with E-state index in [0.717, 1.165) is 16.9 Å². The number of halogens is 1. The maximum Gasteiger partial charge on any atom is 0.202 e. The topological polar surface area (TPSA) is 61.7 Å². The number of nitrogens with zero attached hydrogens (tertiary/aromatic N) is 4. The minimum absolute atomic E-state index is 0.243. The molecule has 2 heterocycles. The summed E-state index contributed by atoms with van der Waals surface area (Å²) < 4.78 is 17.4. The molecule has 2 N–H and O–H groups in total. The Morgan fingerprint density at radius 3 is 2.75 bits per heavy atom. The largest absolute Gasteiger partial charge is 0.369 e. The van der Waals surface area contributed by atoms with Gasteiger partial charge in [-0.3, -0.25) is 4.57 Å². The molecule has 0 bridgehead atoms. The van der Waals surface area contributed by atoms with Crippen LogP contribution in [0.2, 0.25) is 0 Å². The molecule has 6 heteroatoms. The lowest BCUT2D eigenvalue weighted by molar-refractivity contribution is 0.596. The number of aromatic nitrogens is 4. The predicted octanol–water partition coefficient (Wildman–Crippen LogP) is 2.33. The Balaban J connectivity index is 2.16. The van der Waals surface area contributed by atoms with Crippen molar-refractivity contribution in [2.75, 3.05) is 5.73 Å². The molecule has 0 atom stereocenters. The van der Waals surface area contributed by atoms with Gasteiger partial charge in [0.1, 0.15) is 11.3 Å². The summed E-state index contributed by atoms with van der Waals surface area (Å²) in [6, 6.07) is 6.68. The zero-order valence-electron chi connectivity index (χ0n) is 11.5. The van der Waals surface area contributed by atoms with E-state index in [-0.39, 0.29) is 5.82 Å². The molecule has 0 fully saturated rings. The average molecular weight is 273 g/mol. The standard InChI is InChI=1S/C14H16FN5/c1-3-20-13-12(9(2)18-20)17-14(16)19(13)8-10-6-4-5-7-11(10)15/h4-7H,3,8H2,1-2H3,(H2,16,17). The molecule has 0 aliphatic carbocycles. The summed E-state index contributed by atoms with van der Waals surface area (Å²) in [6.45, 7) is 4.96. The summed E-state index contributed by atoms with van der Waals surface area (Å²) >= 11 is 0. The van der Waals surface area contributed by atoms with Crippen molar-refractivity contribution in [3.63, 3.8) is 0 Å². The van der Waals surface area contributed by atoms with Crippen LogP contribution in [-0.2, 0) is 13.1 Å². The molecule has 0 saturated heterocycles. The molecule has 1 aromatic carbocycles. The van der Waals surface area contributed by atoms with Gasteiger partial charge in [0, 0.05) is 12.1 Å². The summed E-state index contributed by atoms with van der Waals surface area (Å²) in [5.41, 5.74) is 9.01. The lowest BCUT2D eigenvalue weighted by Gasteiger charge is -2.08. The van der Waals surface area contributed by atoms with Crippen molar-refractivity contribution in [3.05, 3.63) is 41.3 Å². The molecule has 2 aromatic heterocycles. The van der Waals surface area contributed by atoms with Gasteiger partial charge in [-0.15, -0.1) is 0 Å². The van der Waals surface area contributed by atoms with Crippen LogP contribution in [0.3, 0.4) is 0 Å². The Morgan fingerprint density at radius 2 is 2.05 bits per heavy atom. The van der Waals surface area contributed by atoms with Crippen molar-refractivity contribution in [2.45, 2.75) is 26.9 Å². The Bertz CT molecular complexity index is 771. The Kier molecular flexibility index (Phi) is 2.93. The fraction of sp³-hybridized carbons (Fsp3) is 0.286. The number of hydrogen-bond acceptors (Lipinski definition) is 3. The number of aryl methyl sites for hydroxylation is 2. The minimum Gasteiger partial charge on any atom is -0.369 e. The third kappa shape index (κ3) is 1.84. The SMILES string of the molecule is CCn1nc(C)c2nc(N)n(Cc3ccccc3F)c21. The smallest absolute Gasteiger partial charge is 0.202 e. The molecule has 0 spiro atoms. The molecular formula is C14H16FN5. The quantitative estimate of drug-likeness (QED) is 0.796. The van der Waals surface area contributed by atoms with E-state index in [4.69, 9.17) is 5.73 Å². The van der Waals surface area contributed by atoms with E-state index >= 15 is 0 Å². The van der Waals surface area contributed by atoms with Crippen LogP contribution in [0, 0.1) is 12.7 Å². The number of nitrogen functional groups attached to an aromatic ring is 1. The van der Waals surface area contributed by atoms with Crippen molar-refractivity contribution in [2.24, 2.45) is 0 Å². The van der Waals surface area contributed by atoms with E-state index in [1.54, 1.807) is 16.7 Å². The fourth-order valence-corrected chi connectivity index (χ4v) is 2.41. The Morgan fingerprint density at radius 1 is 1.30 bits per heavy atom. The highest BCUT2D eigenvalue weighted by Crippen LogP contribution is 2.22. The van der Waals surface area contributed by atoms with Crippen LogP contribution in [0.4, 0.5) is 10.3 Å². The summed E-state index contributed by atoms with van der Waals surface area (Å²) in [5, 5.41) is 4.42. The highest BCUT2D eigenvalue weighted by molar-refractivity contribution is 5.77. The summed E-state index contributed by atoms with van der Waals surface area (Å²) in [6.07, 6.45) is 0. The van der Waals surface area contributed by atoms with Crippen molar-refractivity contribution < 1.29 is 4.39 Å². The number of benzene rings is 1. The molecule has 20 heavy (non-hydrogen) atoms. The van der Waals surface area contributed by atoms with Gasteiger partial charge in [-0.1, -0.05) is 18.2 Å². The molecule has 104 valence electrons. The zero-order valence-corrected chi connectivity index (χ0v) is 11.5. The van der Waals surface area contributed by atoms with E-state index in [2.05, 4.69) is 10.1 Å². The van der Waals surface area contributed by atoms with Crippen LogP contribution >= 0.6 is 0 Å². The van der Waals surface area contributed by atoms with Gasteiger partial charge >= 0.3 is 0 Å². The van der Waals surface area contributed by atoms with E-state index in [0.29, 0.717) is 24.6 Å². The molecule has 3 rings (SSSR count). The van der Waals surface area contributed by atoms with E-state index in [1.165, 1.54) is 6.07 Å². The van der Waals surface area contributed by atoms with Crippen LogP contribution in [0.25, 0.3) is 11.2 Å². The summed E-state index contributed by atoms with van der Waals surface area (Å²) in [7, 11) is 0. The van der Waals surface area contributed by atoms with Gasteiger partial charge in [-0.2, -0.15) is 5.10 Å². The molecule has 0 aliphatic rings. The van der Waals surface area contributed by atoms with Crippen LogP contribution in [0.5, 0.6) is 0 Å². The molecule has 0 aliphatic heterocycles. The Labute approximate surface area is 115 Å². The number of anilines is 1. The van der Waals surface area contributed by atoms with E-state index in [1.807, 2.05) is 24.6 Å². The van der Waals surface area contributed by atoms with Crippen molar-refractivity contribution in [1.82, 2.24) is 19.3 Å². The average Bonchev–Trinajstić information content (AvgIpc) is 2.91. The van der Waals surface area contributed by atoms with E-state index in [9.17, 15) is 4.39 Å². The van der Waals surface area contributed by atoms with Crippen LogP contribution in [0.1, 0.15) is 18.2 Å². The molecule has 0 unspecified atom stereocenters. The van der Waals surface area contributed by atoms with Gasteiger partial charge in [0.25, 0.3) is 0 Å². The maximum atomic E-state index is 13.8. The fourth-order valence-electron chi connectivity index (χ4n) is 2.41. The molecule has 0 saturated carbocycles. The summed E-state index contributed by atoms with van der Waals surface area (Å²) in [4.78, 5) is 4.34. The second-order valence-electron chi connectivity index (χ2n) is 4.72. The zero-order chi connectivity index (χ0) is 14.3. The first kappa shape index (κ1) is 12.7. The van der Waals surface area contributed by atoms with Crippen molar-refractivity contribution in [1.29, 1.82) is 0 Å². The molecule has 3 aromatic rings. The normalized spacial score (nSPS) is 11.3. The first-order valence-corrected chi connectivity index (χ1v) is 6.54. The van der Waals surface area contributed by atoms with Crippen LogP contribution in [-0.4, -0.2) is 19.3 Å². The maximum absolute atomic E-state index is 13.8. The minimum atomic E-state index is -0.243. The molecular weight excluding hydrogens is 257 g/mol. The molecule has 5 nitrogen and oxygen atoms in total. The first-order chi connectivity index (χ1) is 9.61. The van der Waals surface area contributed by atoms with E-state index < -0.39 is 0 Å². The third-order valence-corrected chi connectivity index (χ3v) is 3.41. The van der Waals surface area contributed by atoms with Crippen LogP contribution < -0.4 is 5.73 Å². The van der Waals surface area contributed by atoms with Crippen molar-refractivity contribution in [3.8, 4) is 0 Å². The number of imidazole rings is 1. The molecule has 0 amide bonds. The highest BCUT2D eigenvalue weighted by atomic mass is 19.1. The van der Waals surface area contributed by atoms with Gasteiger partial charge in [-0.05, 0) is 19.9 Å². The Hall–Kier alpha value is -2.37. The third-order valence-electron chi connectivity index (χ3n) is 3.41. The second-order valence-corrected chi connectivity index (χ2v) is 4.72. The van der Waals surface area contributed by atoms with Gasteiger partial charge in [-0.25, -0.2) is 14.1 Å². The number of hydrogen-bond donors (Lipinski definition) is 1. The van der Waals surface area contributed by atoms with Gasteiger partial charge in [0.15, 0.2) is 5.65 Å². The summed E-state index contributed by atoms with van der Waals surface area (Å²) in [5.74, 6) is 0.138. The van der Waals surface area contributed by atoms with Crippen LogP contribution in [0.15, 0.2) is 24.3 Å². The lowest BCUT2D eigenvalue weighted by atomic mass is 10.2. The second kappa shape index (κ2) is 4.63. The number of fused-ring (bicyclic) bond motifs is 1. The molecule has 0 radical (unpaired) electrons. The monoisotopic (exact) mass is 273 g/mol. The highest BCUT2D eigenvalue weighted by Gasteiger charge is 2.17. The van der Waals surface area contributed by atoms with Gasteiger partial charge in [0.2, 0.25) is 5.95 Å².